The van der Waals surface area contributed by atoms with Crippen LogP contribution in [0.3, 0.4) is 0 Å². The predicted octanol–water partition coefficient (Wildman–Crippen LogP) is 1.59. The van der Waals surface area contributed by atoms with Crippen LogP contribution in [0.2, 0.25) is 0 Å². The van der Waals surface area contributed by atoms with Gasteiger partial charge in [-0.05, 0) is 12.8 Å². The van der Waals surface area contributed by atoms with Crippen LogP contribution in [-0.2, 0) is 4.74 Å². The van der Waals surface area contributed by atoms with Crippen molar-refractivity contribution in [2.45, 2.75) is 44.6 Å². The summed E-state index contributed by atoms with van der Waals surface area (Å²) in [6.45, 7) is 3.21. The van der Waals surface area contributed by atoms with Gasteiger partial charge in [-0.2, -0.15) is 4.98 Å². The number of anilines is 2. The lowest BCUT2D eigenvalue weighted by Crippen LogP contribution is -2.37. The Kier molecular flexibility index (Phi) is 3.87. The van der Waals surface area contributed by atoms with E-state index >= 15 is 0 Å². The summed E-state index contributed by atoms with van der Waals surface area (Å²) in [4.78, 5) is 6.60. The third kappa shape index (κ3) is 2.83. The lowest BCUT2D eigenvalue weighted by Gasteiger charge is -2.25. The maximum absolute atomic E-state index is 6.06. The molecule has 6 heteroatoms. The highest BCUT2D eigenvalue weighted by molar-refractivity contribution is 5.35. The van der Waals surface area contributed by atoms with Crippen molar-refractivity contribution >= 4 is 11.9 Å². The first-order valence-corrected chi connectivity index (χ1v) is 7.39. The molecule has 0 bridgehead atoms. The molecule has 1 aromatic heterocycles. The zero-order chi connectivity index (χ0) is 13.1. The smallest absolute Gasteiger partial charge is 0.246 e. The molecule has 2 N–H and O–H groups in total. The largest absolute Gasteiger partial charge is 0.378 e. The van der Waals surface area contributed by atoms with Crippen molar-refractivity contribution in [3.8, 4) is 0 Å². The number of hydrogen-bond acceptors (Lipinski definition) is 5. The molecule has 3 rings (SSSR count). The highest BCUT2D eigenvalue weighted by Gasteiger charge is 2.22. The molecule has 1 saturated heterocycles. The van der Waals surface area contributed by atoms with E-state index in [-0.39, 0.29) is 0 Å². The van der Waals surface area contributed by atoms with E-state index in [1.807, 2.05) is 4.68 Å². The average molecular weight is 265 g/mol. The zero-order valence-corrected chi connectivity index (χ0v) is 11.4. The van der Waals surface area contributed by atoms with Gasteiger partial charge in [0.25, 0.3) is 0 Å². The summed E-state index contributed by atoms with van der Waals surface area (Å²) in [6.07, 6.45) is 7.57. The normalized spacial score (nSPS) is 22.4. The first kappa shape index (κ1) is 12.7. The van der Waals surface area contributed by atoms with Gasteiger partial charge >= 0.3 is 0 Å². The van der Waals surface area contributed by atoms with Gasteiger partial charge in [-0.15, -0.1) is 5.10 Å². The summed E-state index contributed by atoms with van der Waals surface area (Å²) in [6, 6.07) is 0.435. The Hall–Kier alpha value is -1.30. The molecule has 2 fully saturated rings. The molecular weight excluding hydrogens is 242 g/mol. The molecule has 0 atom stereocenters. The third-order valence-corrected chi connectivity index (χ3v) is 4.11. The highest BCUT2D eigenvalue weighted by Crippen LogP contribution is 2.29. The summed E-state index contributed by atoms with van der Waals surface area (Å²) in [5.74, 6) is 1.33. The van der Waals surface area contributed by atoms with Gasteiger partial charge in [0.1, 0.15) is 0 Å². The molecular formula is C13H23N5O. The Bertz CT molecular complexity index is 405. The van der Waals surface area contributed by atoms with Crippen LogP contribution in [0.5, 0.6) is 0 Å². The first-order valence-electron chi connectivity index (χ1n) is 7.39. The fourth-order valence-electron chi connectivity index (χ4n) is 2.99. The molecule has 6 nitrogen and oxygen atoms in total. The number of nitrogens with zero attached hydrogens (tertiary/aromatic N) is 4. The number of morpholine rings is 1. The summed E-state index contributed by atoms with van der Waals surface area (Å²) < 4.78 is 7.31. The van der Waals surface area contributed by atoms with E-state index in [2.05, 4.69) is 15.0 Å². The predicted molar refractivity (Wildman–Crippen MR) is 74.2 cm³/mol. The third-order valence-electron chi connectivity index (χ3n) is 4.11. The van der Waals surface area contributed by atoms with Crippen molar-refractivity contribution in [2.75, 3.05) is 36.9 Å². The second-order valence-electron chi connectivity index (χ2n) is 5.46. The lowest BCUT2D eigenvalue weighted by atomic mass is 10.1. The van der Waals surface area contributed by atoms with Crippen LogP contribution < -0.4 is 10.6 Å². The molecule has 0 radical (unpaired) electrons. The van der Waals surface area contributed by atoms with Gasteiger partial charge in [-0.1, -0.05) is 25.7 Å². The quantitative estimate of drug-likeness (QED) is 0.822. The van der Waals surface area contributed by atoms with Gasteiger partial charge in [-0.25, -0.2) is 4.68 Å². The molecule has 0 spiro atoms. The van der Waals surface area contributed by atoms with Crippen molar-refractivity contribution in [1.29, 1.82) is 0 Å². The van der Waals surface area contributed by atoms with Gasteiger partial charge in [0.2, 0.25) is 11.9 Å². The monoisotopic (exact) mass is 265 g/mol. The summed E-state index contributed by atoms with van der Waals surface area (Å²) in [7, 11) is 0. The molecule has 0 amide bonds. The van der Waals surface area contributed by atoms with Gasteiger partial charge in [-0.3, -0.25) is 0 Å². The summed E-state index contributed by atoms with van der Waals surface area (Å²) >= 11 is 0. The number of ether oxygens (including phenoxy) is 1. The second kappa shape index (κ2) is 5.77. The van der Waals surface area contributed by atoms with Crippen molar-refractivity contribution in [1.82, 2.24) is 14.8 Å². The molecule has 1 aromatic rings. The fraction of sp³-hybridized carbons (Fsp3) is 0.846. The van der Waals surface area contributed by atoms with E-state index in [9.17, 15) is 0 Å². The Balaban J connectivity index is 1.75. The van der Waals surface area contributed by atoms with Crippen molar-refractivity contribution in [2.24, 2.45) is 0 Å². The van der Waals surface area contributed by atoms with Crippen molar-refractivity contribution in [3.63, 3.8) is 0 Å². The topological polar surface area (TPSA) is 69.2 Å². The molecule has 0 unspecified atom stereocenters. The maximum atomic E-state index is 6.06. The maximum Gasteiger partial charge on any atom is 0.246 e. The van der Waals surface area contributed by atoms with E-state index in [1.165, 1.54) is 38.5 Å². The Morgan fingerprint density at radius 2 is 1.74 bits per heavy atom. The van der Waals surface area contributed by atoms with Crippen LogP contribution in [0, 0.1) is 0 Å². The molecule has 2 aliphatic rings. The van der Waals surface area contributed by atoms with Crippen LogP contribution in [-0.4, -0.2) is 41.1 Å². The van der Waals surface area contributed by atoms with Crippen LogP contribution in [0.15, 0.2) is 0 Å². The van der Waals surface area contributed by atoms with Crippen LogP contribution in [0.25, 0.3) is 0 Å². The summed E-state index contributed by atoms with van der Waals surface area (Å²) in [5.41, 5.74) is 6.06. The molecule has 106 valence electrons. The highest BCUT2D eigenvalue weighted by atomic mass is 16.5. The van der Waals surface area contributed by atoms with Gasteiger partial charge in [0, 0.05) is 13.1 Å². The molecule has 1 saturated carbocycles. The van der Waals surface area contributed by atoms with E-state index in [0.717, 1.165) is 32.3 Å². The average Bonchev–Trinajstić information content (AvgIpc) is 2.66. The van der Waals surface area contributed by atoms with E-state index in [4.69, 9.17) is 10.5 Å². The molecule has 1 aliphatic carbocycles. The molecule has 0 aromatic carbocycles. The molecule has 2 heterocycles. The Labute approximate surface area is 113 Å². The Morgan fingerprint density at radius 1 is 1.05 bits per heavy atom. The Morgan fingerprint density at radius 3 is 2.42 bits per heavy atom. The minimum atomic E-state index is 0.435. The lowest BCUT2D eigenvalue weighted by molar-refractivity contribution is 0.122. The van der Waals surface area contributed by atoms with Gasteiger partial charge in [0.15, 0.2) is 0 Å². The van der Waals surface area contributed by atoms with E-state index in [1.54, 1.807) is 0 Å². The van der Waals surface area contributed by atoms with Gasteiger partial charge < -0.3 is 15.4 Å². The summed E-state index contributed by atoms with van der Waals surface area (Å²) in [5, 5.41) is 4.65. The number of hydrogen-bond donors (Lipinski definition) is 1. The minimum Gasteiger partial charge on any atom is -0.378 e. The first-order chi connectivity index (χ1) is 9.34. The second-order valence-corrected chi connectivity index (χ2v) is 5.46. The number of aromatic nitrogens is 3. The molecule has 1 aliphatic heterocycles. The fourth-order valence-corrected chi connectivity index (χ4v) is 2.99. The minimum absolute atomic E-state index is 0.435. The van der Waals surface area contributed by atoms with Gasteiger partial charge in [0.05, 0.1) is 19.3 Å². The standard InChI is InChI=1S/C13H23N5O/c14-12-15-13(17-7-9-19-10-8-17)16-18(12)11-5-3-1-2-4-6-11/h11H,1-10H2,(H2,14,15,16). The number of rotatable bonds is 2. The van der Waals surface area contributed by atoms with Crippen molar-refractivity contribution in [3.05, 3.63) is 0 Å². The van der Waals surface area contributed by atoms with Crippen LogP contribution >= 0.6 is 0 Å². The van der Waals surface area contributed by atoms with Crippen LogP contribution in [0.4, 0.5) is 11.9 Å². The SMILES string of the molecule is Nc1nc(N2CCOCC2)nn1C1CCCCCC1. The van der Waals surface area contributed by atoms with E-state index < -0.39 is 0 Å². The zero-order valence-electron chi connectivity index (χ0n) is 11.4. The van der Waals surface area contributed by atoms with Crippen molar-refractivity contribution < 1.29 is 4.74 Å². The number of nitrogens with two attached hydrogens (primary N) is 1. The van der Waals surface area contributed by atoms with E-state index in [0.29, 0.717) is 12.0 Å². The number of nitrogen functional groups attached to an aromatic ring is 1. The molecule has 19 heavy (non-hydrogen) atoms. The van der Waals surface area contributed by atoms with Crippen LogP contribution in [0.1, 0.15) is 44.6 Å².